The van der Waals surface area contributed by atoms with E-state index in [1.807, 2.05) is 6.07 Å². The molecule has 0 saturated heterocycles. The van der Waals surface area contributed by atoms with Crippen molar-refractivity contribution >= 4 is 23.3 Å². The molecular formula is C19H14ClF3N6O. The number of alkyl halides is 3. The lowest BCUT2D eigenvalue weighted by Gasteiger charge is -2.10. The molecule has 3 aromatic rings. The molecule has 0 radical (unpaired) electrons. The van der Waals surface area contributed by atoms with Crippen LogP contribution in [0.5, 0.6) is 0 Å². The average Bonchev–Trinajstić information content (AvgIpc) is 3.17. The number of halogens is 4. The van der Waals surface area contributed by atoms with Crippen molar-refractivity contribution < 1.29 is 18.0 Å². The molecule has 2 N–H and O–H groups in total. The number of anilines is 1. The van der Waals surface area contributed by atoms with E-state index < -0.39 is 17.8 Å². The first-order valence-corrected chi connectivity index (χ1v) is 8.98. The minimum atomic E-state index is -4.73. The van der Waals surface area contributed by atoms with Crippen LogP contribution in [0.25, 0.3) is 5.69 Å². The molecule has 0 aliphatic rings. The highest BCUT2D eigenvalue weighted by atomic mass is 35.5. The zero-order chi connectivity index (χ0) is 21.7. The van der Waals surface area contributed by atoms with Gasteiger partial charge in [0.15, 0.2) is 5.69 Å². The molecule has 154 valence electrons. The van der Waals surface area contributed by atoms with E-state index >= 15 is 0 Å². The fourth-order valence-electron chi connectivity index (χ4n) is 2.57. The summed E-state index contributed by atoms with van der Waals surface area (Å²) in [5, 5.41) is 18.1. The Kier molecular flexibility index (Phi) is 6.23. The van der Waals surface area contributed by atoms with Gasteiger partial charge in [-0.1, -0.05) is 23.7 Å². The van der Waals surface area contributed by atoms with E-state index in [2.05, 4.69) is 20.7 Å². The molecular weight excluding hydrogens is 421 g/mol. The first kappa shape index (κ1) is 21.1. The van der Waals surface area contributed by atoms with Crippen molar-refractivity contribution in [3.05, 3.63) is 70.6 Å². The van der Waals surface area contributed by atoms with Crippen molar-refractivity contribution in [1.82, 2.24) is 20.1 Å². The molecule has 7 nitrogen and oxygen atoms in total. The van der Waals surface area contributed by atoms with Gasteiger partial charge in [0, 0.05) is 25.4 Å². The van der Waals surface area contributed by atoms with Crippen LogP contribution in [0.3, 0.4) is 0 Å². The maximum absolute atomic E-state index is 13.1. The minimum absolute atomic E-state index is 0.0648. The lowest BCUT2D eigenvalue weighted by molar-refractivity contribution is -0.141. The molecule has 2 heterocycles. The van der Waals surface area contributed by atoms with Crippen LogP contribution in [-0.2, 0) is 6.18 Å². The van der Waals surface area contributed by atoms with Crippen LogP contribution >= 0.6 is 11.6 Å². The number of rotatable bonds is 6. The molecule has 0 fully saturated rings. The molecule has 1 aromatic carbocycles. The van der Waals surface area contributed by atoms with E-state index in [-0.39, 0.29) is 29.5 Å². The van der Waals surface area contributed by atoms with E-state index in [0.29, 0.717) is 17.4 Å². The summed E-state index contributed by atoms with van der Waals surface area (Å²) in [5.74, 6) is -0.420. The summed E-state index contributed by atoms with van der Waals surface area (Å²) >= 11 is 6.07. The number of hydrogen-bond acceptors (Lipinski definition) is 5. The second-order valence-corrected chi connectivity index (χ2v) is 6.38. The van der Waals surface area contributed by atoms with Gasteiger partial charge in [-0.05, 0) is 24.3 Å². The number of nitrogens with one attached hydrogen (secondary N) is 2. The zero-order valence-corrected chi connectivity index (χ0v) is 16.0. The molecule has 0 atom stereocenters. The van der Waals surface area contributed by atoms with Crippen LogP contribution in [0, 0.1) is 11.3 Å². The van der Waals surface area contributed by atoms with Gasteiger partial charge in [-0.15, -0.1) is 0 Å². The van der Waals surface area contributed by atoms with Crippen LogP contribution in [-0.4, -0.2) is 33.8 Å². The Labute approximate surface area is 174 Å². The second-order valence-electron chi connectivity index (χ2n) is 5.97. The van der Waals surface area contributed by atoms with Crippen molar-refractivity contribution in [2.24, 2.45) is 0 Å². The van der Waals surface area contributed by atoms with Crippen molar-refractivity contribution in [1.29, 1.82) is 5.26 Å². The molecule has 2 aromatic heterocycles. The Bertz CT molecular complexity index is 1110. The Morgan fingerprint density at radius 1 is 1.20 bits per heavy atom. The highest BCUT2D eigenvalue weighted by Crippen LogP contribution is 2.30. The van der Waals surface area contributed by atoms with Gasteiger partial charge < -0.3 is 10.6 Å². The maximum Gasteiger partial charge on any atom is 0.435 e. The smallest absolute Gasteiger partial charge is 0.367 e. The summed E-state index contributed by atoms with van der Waals surface area (Å²) in [5.41, 5.74) is -1.05. The Morgan fingerprint density at radius 3 is 2.67 bits per heavy atom. The first-order valence-electron chi connectivity index (χ1n) is 8.60. The zero-order valence-electron chi connectivity index (χ0n) is 15.2. The minimum Gasteiger partial charge on any atom is -0.367 e. The number of amides is 1. The molecule has 0 aliphatic heterocycles. The SMILES string of the molecule is N#Cc1cccnc1NCCNC(=O)c1cc(C(F)(F)F)nn1-c1ccccc1Cl. The van der Waals surface area contributed by atoms with Crippen molar-refractivity contribution in [3.63, 3.8) is 0 Å². The third-order valence-corrected chi connectivity index (χ3v) is 4.26. The fraction of sp³-hybridized carbons (Fsp3) is 0.158. The topological polar surface area (TPSA) is 95.6 Å². The quantitative estimate of drug-likeness (QED) is 0.577. The number of para-hydroxylation sites is 1. The summed E-state index contributed by atoms with van der Waals surface area (Å²) in [6.45, 7) is 0.263. The molecule has 30 heavy (non-hydrogen) atoms. The first-order chi connectivity index (χ1) is 14.3. The monoisotopic (exact) mass is 434 g/mol. The van der Waals surface area contributed by atoms with Gasteiger partial charge in [-0.25, -0.2) is 9.67 Å². The lowest BCUT2D eigenvalue weighted by Crippen LogP contribution is -2.30. The summed E-state index contributed by atoms with van der Waals surface area (Å²) < 4.78 is 40.3. The van der Waals surface area contributed by atoms with Gasteiger partial charge in [0.2, 0.25) is 0 Å². The normalized spacial score (nSPS) is 11.0. The summed E-state index contributed by atoms with van der Waals surface area (Å²) in [4.78, 5) is 16.6. The number of pyridine rings is 1. The predicted octanol–water partition coefficient (Wildman–Crippen LogP) is 3.65. The molecule has 0 aliphatic carbocycles. The van der Waals surface area contributed by atoms with Crippen LogP contribution < -0.4 is 10.6 Å². The molecule has 1 amide bonds. The van der Waals surface area contributed by atoms with Crippen molar-refractivity contribution in [2.45, 2.75) is 6.18 Å². The van der Waals surface area contributed by atoms with E-state index in [9.17, 15) is 18.0 Å². The highest BCUT2D eigenvalue weighted by Gasteiger charge is 2.36. The van der Waals surface area contributed by atoms with Gasteiger partial charge >= 0.3 is 6.18 Å². The third-order valence-electron chi connectivity index (χ3n) is 3.94. The van der Waals surface area contributed by atoms with Crippen molar-refractivity contribution in [2.75, 3.05) is 18.4 Å². The average molecular weight is 435 g/mol. The van der Waals surface area contributed by atoms with Gasteiger partial charge in [0.05, 0.1) is 16.3 Å². The Hall–Kier alpha value is -3.58. The number of benzene rings is 1. The van der Waals surface area contributed by atoms with Crippen LogP contribution in [0.4, 0.5) is 19.0 Å². The number of aromatic nitrogens is 3. The van der Waals surface area contributed by atoms with E-state index in [0.717, 1.165) is 4.68 Å². The Morgan fingerprint density at radius 2 is 1.97 bits per heavy atom. The Balaban J connectivity index is 1.76. The molecule has 0 bridgehead atoms. The molecule has 3 rings (SSSR count). The fourth-order valence-corrected chi connectivity index (χ4v) is 2.79. The largest absolute Gasteiger partial charge is 0.435 e. The maximum atomic E-state index is 13.1. The van der Waals surface area contributed by atoms with Crippen LogP contribution in [0.15, 0.2) is 48.7 Å². The van der Waals surface area contributed by atoms with E-state index in [1.54, 1.807) is 24.3 Å². The van der Waals surface area contributed by atoms with E-state index in [4.69, 9.17) is 16.9 Å². The summed E-state index contributed by atoms with van der Waals surface area (Å²) in [6.07, 6.45) is -3.22. The number of carbonyl (C=O) groups is 1. The number of hydrogen-bond donors (Lipinski definition) is 2. The summed E-state index contributed by atoms with van der Waals surface area (Å²) in [7, 11) is 0. The number of nitrogens with zero attached hydrogens (tertiary/aromatic N) is 4. The third kappa shape index (κ3) is 4.69. The van der Waals surface area contributed by atoms with Crippen LogP contribution in [0.1, 0.15) is 21.7 Å². The number of nitriles is 1. The van der Waals surface area contributed by atoms with Gasteiger partial charge in [0.1, 0.15) is 17.6 Å². The lowest BCUT2D eigenvalue weighted by atomic mass is 10.3. The second kappa shape index (κ2) is 8.84. The molecule has 11 heteroatoms. The van der Waals surface area contributed by atoms with E-state index in [1.165, 1.54) is 18.3 Å². The predicted molar refractivity (Wildman–Crippen MR) is 103 cm³/mol. The van der Waals surface area contributed by atoms with Gasteiger partial charge in [-0.3, -0.25) is 4.79 Å². The van der Waals surface area contributed by atoms with Crippen molar-refractivity contribution in [3.8, 4) is 11.8 Å². The molecule has 0 saturated carbocycles. The number of carbonyl (C=O) groups excluding carboxylic acids is 1. The highest BCUT2D eigenvalue weighted by molar-refractivity contribution is 6.32. The van der Waals surface area contributed by atoms with Gasteiger partial charge in [0.25, 0.3) is 5.91 Å². The van der Waals surface area contributed by atoms with Gasteiger partial charge in [-0.2, -0.15) is 23.5 Å². The molecule has 0 spiro atoms. The summed E-state index contributed by atoms with van der Waals surface area (Å²) in [6, 6.07) is 12.0. The molecule has 0 unspecified atom stereocenters. The standard InChI is InChI=1S/C19H14ClF3N6O/c20-13-5-1-2-6-14(13)29-15(10-16(28-29)19(21,22)23)18(30)27-9-8-26-17-12(11-24)4-3-7-25-17/h1-7,10H,8-9H2,(H,25,26)(H,27,30). The van der Waals surface area contributed by atoms with Crippen LogP contribution in [0.2, 0.25) is 5.02 Å².